The maximum absolute atomic E-state index is 5.95. The van der Waals surface area contributed by atoms with Gasteiger partial charge in [0.2, 0.25) is 0 Å². The van der Waals surface area contributed by atoms with Gasteiger partial charge in [0, 0.05) is 76.6 Å². The number of aryl methyl sites for hydroxylation is 1. The molecule has 5 heteroatoms. The number of aromatic nitrogens is 1. The van der Waals surface area contributed by atoms with E-state index in [9.17, 15) is 0 Å². The molecule has 6 aromatic carbocycles. The van der Waals surface area contributed by atoms with Crippen molar-refractivity contribution in [2.75, 3.05) is 9.80 Å². The predicted molar refractivity (Wildman–Crippen MR) is 260 cm³/mol. The van der Waals surface area contributed by atoms with E-state index in [0.717, 1.165) is 64.1 Å². The Balaban J connectivity index is 1.00. The Morgan fingerprint density at radius 2 is 1.59 bits per heavy atom. The largest absolute Gasteiger partial charge is 0.446 e. The molecule has 294 valence electrons. The van der Waals surface area contributed by atoms with Gasteiger partial charge in [0.05, 0.1) is 5.56 Å². The molecule has 3 heterocycles. The van der Waals surface area contributed by atoms with Crippen LogP contribution in [0.5, 0.6) is 0 Å². The Morgan fingerprint density at radius 3 is 2.44 bits per heavy atom. The maximum Gasteiger partial charge on any atom is 0.186 e. The van der Waals surface area contributed by atoms with Crippen molar-refractivity contribution in [3.8, 4) is 12.3 Å². The van der Waals surface area contributed by atoms with E-state index in [1.165, 1.54) is 42.5 Å². The topological polar surface area (TPSA) is 35.4 Å². The quantitative estimate of drug-likeness (QED) is 0.0803. The van der Waals surface area contributed by atoms with E-state index < -0.39 is 0 Å². The lowest BCUT2D eigenvalue weighted by Gasteiger charge is -2.35. The molecule has 0 radical (unpaired) electrons. The first kappa shape index (κ1) is 37.8. The number of nitrogens with one attached hydrogen (secondary N) is 1. The van der Waals surface area contributed by atoms with E-state index in [0.29, 0.717) is 23.8 Å². The number of hydrogen-bond donors (Lipinski definition) is 1. The molecule has 0 fully saturated rings. The van der Waals surface area contributed by atoms with Gasteiger partial charge in [-0.05, 0) is 141 Å². The monoisotopic (exact) mass is 805 g/mol. The number of terminal acetylenes is 1. The van der Waals surface area contributed by atoms with Crippen LogP contribution < -0.4 is 9.80 Å². The molecule has 9 aromatic rings. The van der Waals surface area contributed by atoms with Crippen molar-refractivity contribution < 1.29 is 4.42 Å². The molecule has 1 atom stereocenters. The van der Waals surface area contributed by atoms with E-state index in [1.54, 1.807) is 6.07 Å². The molecule has 0 saturated heterocycles. The van der Waals surface area contributed by atoms with Crippen LogP contribution in [0.2, 0.25) is 0 Å². The molecule has 1 aliphatic rings. The van der Waals surface area contributed by atoms with Crippen LogP contribution in [0.3, 0.4) is 0 Å². The summed E-state index contributed by atoms with van der Waals surface area (Å²) in [6, 6.07) is 52.3. The summed E-state index contributed by atoms with van der Waals surface area (Å²) in [5.41, 5.74) is 11.3. The Hall–Kier alpha value is -7.44. The minimum atomic E-state index is 0.373. The summed E-state index contributed by atoms with van der Waals surface area (Å²) < 4.78 is 8.53. The molecule has 0 spiro atoms. The fourth-order valence-electron chi connectivity index (χ4n) is 8.69. The standard InChI is InChI=1S/C56H43N3OS/c1-4-46-47-24-11-13-26-54(47)60-53(46)27-15-17-38(2)29-32-51-39(3)49-36-44(30-33-52(49)57-51)59(45-31-34-56-50(37-45)48-25-12-14-28-55(48)61-56)43-23-16-22-42(35-43)58(40-18-7-5-8-19-40)41-20-9-6-10-21-41/h1,5-9,11-12,14-16,18-19,22-25,27-37,41,57H,2,10,17,20-21H2,3H3/b27-15-,32-29-. The Kier molecular flexibility index (Phi) is 10.1. The number of fused-ring (bicyclic) bond motifs is 5. The van der Waals surface area contributed by atoms with Crippen molar-refractivity contribution in [1.82, 2.24) is 4.98 Å². The minimum absolute atomic E-state index is 0.373. The lowest BCUT2D eigenvalue weighted by Crippen LogP contribution is -2.31. The summed E-state index contributed by atoms with van der Waals surface area (Å²) in [6.45, 7) is 6.52. The first-order valence-corrected chi connectivity index (χ1v) is 21.6. The second-order valence-electron chi connectivity index (χ2n) is 15.6. The highest BCUT2D eigenvalue weighted by atomic mass is 32.1. The number of H-pyrrole nitrogens is 1. The fourth-order valence-corrected chi connectivity index (χ4v) is 9.78. The fraction of sp³-hybridized carbons (Fsp3) is 0.107. The third-order valence-corrected chi connectivity index (χ3v) is 12.9. The van der Waals surface area contributed by atoms with E-state index in [2.05, 4.69) is 186 Å². The highest BCUT2D eigenvalue weighted by Gasteiger charge is 2.23. The number of nitrogens with zero attached hydrogens (tertiary/aromatic N) is 2. The Labute approximate surface area is 361 Å². The van der Waals surface area contributed by atoms with Crippen molar-refractivity contribution >= 4 is 94.0 Å². The lowest BCUT2D eigenvalue weighted by atomic mass is 9.98. The molecule has 1 unspecified atom stereocenters. The van der Waals surface area contributed by atoms with Gasteiger partial charge in [-0.1, -0.05) is 90.9 Å². The van der Waals surface area contributed by atoms with Gasteiger partial charge in [-0.25, -0.2) is 0 Å². The van der Waals surface area contributed by atoms with Crippen molar-refractivity contribution in [3.63, 3.8) is 0 Å². The Morgan fingerprint density at radius 1 is 0.820 bits per heavy atom. The number of thiophene rings is 1. The van der Waals surface area contributed by atoms with E-state index in [1.807, 2.05) is 29.6 Å². The molecule has 1 N–H and O–H groups in total. The third-order valence-electron chi connectivity index (χ3n) is 11.7. The Bertz CT molecular complexity index is 3220. The van der Waals surface area contributed by atoms with Gasteiger partial charge < -0.3 is 19.2 Å². The summed E-state index contributed by atoms with van der Waals surface area (Å²) in [7, 11) is 0. The second kappa shape index (κ2) is 16.3. The van der Waals surface area contributed by atoms with Gasteiger partial charge >= 0.3 is 0 Å². The zero-order valence-corrected chi connectivity index (χ0v) is 34.8. The molecule has 0 amide bonds. The molecule has 10 rings (SSSR count). The molecule has 1 aliphatic carbocycles. The number of benzene rings is 5. The average molecular weight is 806 g/mol. The normalized spacial score (nSPS) is 14.1. The summed E-state index contributed by atoms with van der Waals surface area (Å²) in [4.78, 5) is 8.63. The van der Waals surface area contributed by atoms with Gasteiger partial charge in [-0.15, -0.1) is 17.8 Å². The first-order valence-electron chi connectivity index (χ1n) is 20.8. The summed E-state index contributed by atoms with van der Waals surface area (Å²) in [5.74, 6) is 3.41. The summed E-state index contributed by atoms with van der Waals surface area (Å²) in [6.07, 6.45) is 22.5. The van der Waals surface area contributed by atoms with Crippen LogP contribution in [0.15, 0.2) is 168 Å². The van der Waals surface area contributed by atoms with E-state index >= 15 is 0 Å². The number of aromatic amines is 1. The third kappa shape index (κ3) is 7.31. The van der Waals surface area contributed by atoms with Crippen LogP contribution in [0, 0.1) is 31.4 Å². The van der Waals surface area contributed by atoms with Crippen LogP contribution in [0.1, 0.15) is 48.3 Å². The molecule has 4 nitrogen and oxygen atoms in total. The number of para-hydroxylation sites is 1. The maximum atomic E-state index is 5.95. The molecular weight excluding hydrogens is 763 g/mol. The van der Waals surface area contributed by atoms with Gasteiger partial charge in [0.15, 0.2) is 5.58 Å². The van der Waals surface area contributed by atoms with Crippen molar-refractivity contribution in [3.05, 3.63) is 199 Å². The predicted octanol–water partition coefficient (Wildman–Crippen LogP) is 15.6. The molecule has 0 saturated carbocycles. The number of rotatable bonds is 11. The smallest absolute Gasteiger partial charge is 0.186 e. The van der Waals surface area contributed by atoms with Gasteiger partial charge in [0.1, 0.15) is 5.76 Å². The number of hydrogen-bond acceptors (Lipinski definition) is 4. The molecule has 61 heavy (non-hydrogen) atoms. The summed E-state index contributed by atoms with van der Waals surface area (Å²) >= 11 is 1.85. The van der Waals surface area contributed by atoms with Gasteiger partial charge in [-0.3, -0.25) is 0 Å². The molecular formula is C56H43N3OS. The number of anilines is 5. The van der Waals surface area contributed by atoms with E-state index in [4.69, 9.17) is 10.8 Å². The van der Waals surface area contributed by atoms with Crippen molar-refractivity contribution in [2.45, 2.75) is 38.6 Å². The average Bonchev–Trinajstić information content (AvgIpc) is 3.96. The number of furan rings is 1. The first-order chi connectivity index (χ1) is 30.0. The van der Waals surface area contributed by atoms with Crippen LogP contribution in [-0.2, 0) is 0 Å². The zero-order valence-electron chi connectivity index (χ0n) is 34.0. The summed E-state index contributed by atoms with van der Waals surface area (Å²) in [5, 5.41) is 4.60. The van der Waals surface area contributed by atoms with Crippen LogP contribution in [0.25, 0.3) is 54.2 Å². The SMILES string of the molecule is C#Cc1c(/C=C\CC(=C)/C=C\c2[nH]c3ccc(N(c4cccc(N(c5ccccc5)C5CC=CCC5)c4)c4ccc5sc6ccccc6c5c4)cc3c2C)oc2c#cccc12. The minimum Gasteiger partial charge on any atom is -0.446 e. The van der Waals surface area contributed by atoms with Crippen LogP contribution >= 0.6 is 11.3 Å². The molecule has 3 aromatic heterocycles. The molecule has 0 aliphatic heterocycles. The van der Waals surface area contributed by atoms with Crippen molar-refractivity contribution in [1.29, 1.82) is 0 Å². The zero-order chi connectivity index (χ0) is 41.3. The molecule has 0 bridgehead atoms. The highest BCUT2D eigenvalue weighted by molar-refractivity contribution is 7.25. The van der Waals surface area contributed by atoms with Crippen LogP contribution in [0.4, 0.5) is 28.4 Å². The van der Waals surface area contributed by atoms with Crippen molar-refractivity contribution in [2.24, 2.45) is 0 Å². The lowest BCUT2D eigenvalue weighted by molar-refractivity contribution is 0.591. The number of allylic oxidation sites excluding steroid dienone is 4. The van der Waals surface area contributed by atoms with Crippen LogP contribution in [-0.4, -0.2) is 11.0 Å². The van der Waals surface area contributed by atoms with Gasteiger partial charge in [0.25, 0.3) is 0 Å². The van der Waals surface area contributed by atoms with E-state index in [-0.39, 0.29) is 0 Å². The second-order valence-corrected chi connectivity index (χ2v) is 16.7. The van der Waals surface area contributed by atoms with Gasteiger partial charge in [-0.2, -0.15) is 0 Å². The highest BCUT2D eigenvalue weighted by Crippen LogP contribution is 2.43.